The van der Waals surface area contributed by atoms with Crippen molar-refractivity contribution in [1.82, 2.24) is 31.1 Å². The van der Waals surface area contributed by atoms with Gasteiger partial charge in [-0.05, 0) is 272 Å². The minimum absolute atomic E-state index is 0.0118. The highest BCUT2D eigenvalue weighted by Gasteiger charge is 2.53. The van der Waals surface area contributed by atoms with Crippen LogP contribution in [0.25, 0.3) is 0 Å². The Morgan fingerprint density at radius 3 is 1.07 bits per heavy atom. The van der Waals surface area contributed by atoms with E-state index in [4.69, 9.17) is 5.26 Å². The van der Waals surface area contributed by atoms with Crippen molar-refractivity contribution in [3.8, 4) is 6.07 Å². The molecule has 5 fully saturated rings. The predicted octanol–water partition coefficient (Wildman–Crippen LogP) is 17.8. The zero-order valence-electron chi connectivity index (χ0n) is 69.8. The van der Waals surface area contributed by atoms with Gasteiger partial charge in [0, 0.05) is 108 Å². The Balaban J connectivity index is 0.000000179. The van der Waals surface area contributed by atoms with Crippen molar-refractivity contribution in [3.63, 3.8) is 0 Å². The van der Waals surface area contributed by atoms with Crippen LogP contribution in [0.3, 0.4) is 0 Å². The van der Waals surface area contributed by atoms with E-state index < -0.39 is 145 Å². The first-order valence-electron chi connectivity index (χ1n) is 40.6. The number of rotatable bonds is 21. The van der Waals surface area contributed by atoms with Crippen LogP contribution in [-0.4, -0.2) is 113 Å². The van der Waals surface area contributed by atoms with Gasteiger partial charge in [0.15, 0.2) is 0 Å². The van der Waals surface area contributed by atoms with Crippen LogP contribution >= 0.6 is 0 Å². The Hall–Kier alpha value is -13.1. The van der Waals surface area contributed by atoms with Gasteiger partial charge in [-0.3, -0.25) is 43.2 Å². The molecular formula is C92H89F16N11O9. The average Bonchev–Trinajstić information content (AvgIpc) is 1.58. The zero-order valence-corrected chi connectivity index (χ0v) is 69.8. The Bertz CT molecular complexity index is 5630. The summed E-state index contributed by atoms with van der Waals surface area (Å²) in [5, 5.41) is 29.0. The van der Waals surface area contributed by atoms with E-state index >= 15 is 8.78 Å². The molecule has 3 heterocycles. The van der Waals surface area contributed by atoms with Crippen molar-refractivity contribution in [2.75, 3.05) is 54.0 Å². The number of amides is 9. The molecule has 8 N–H and O–H groups in total. The first-order valence-corrected chi connectivity index (χ1v) is 40.6. The second-order valence-electron chi connectivity index (χ2n) is 32.2. The number of allylic oxidation sites excluding steroid dienone is 1. The van der Waals surface area contributed by atoms with Crippen molar-refractivity contribution in [2.45, 2.75) is 153 Å². The molecule has 3 saturated heterocycles. The highest BCUT2D eigenvalue weighted by atomic mass is 19.3. The molecule has 8 aromatic carbocycles. The van der Waals surface area contributed by atoms with Gasteiger partial charge in [-0.2, -0.15) is 40.4 Å². The van der Waals surface area contributed by atoms with Crippen molar-refractivity contribution in [2.24, 2.45) is 17.8 Å². The van der Waals surface area contributed by atoms with Gasteiger partial charge in [0.25, 0.3) is 47.3 Å². The SMILES string of the molecule is C=C(NC1CCN(C(=O)C(F)(F)c2cc(C(=O)Nc3ccc(F)c(C)c3)ccc2F)CC1)C1CCNC(=O)C1.Cc1cc(NC(=O)c2ccc(F)c(C(F)(F)C(=O)N3CC[C@H](C)C3)c2)ccc1F.Cc1cc(NC(=O)c2ccc(F)c(C(F)(F)C(=O)NC3(C#N)CC3)c2)ccc1F.Cc1cc(NC(=O)c2ccc(F)c(C(F)(F)C(=O)NC3CCC(C)CC3)c2)ccc1F. The highest BCUT2D eigenvalue weighted by molar-refractivity contribution is 6.07. The smallest absolute Gasteiger partial charge is 0.352 e. The minimum Gasteiger partial charge on any atom is -0.386 e. The number of hydrogen-bond acceptors (Lipinski definition) is 11. The van der Waals surface area contributed by atoms with Crippen molar-refractivity contribution < 1.29 is 113 Å². The Kier molecular flexibility index (Phi) is 30.9. The van der Waals surface area contributed by atoms with E-state index in [0.29, 0.717) is 98.6 Å². The molecule has 0 radical (unpaired) electrons. The lowest BCUT2D eigenvalue weighted by Crippen LogP contribution is -2.50. The molecule has 20 nitrogen and oxygen atoms in total. The lowest BCUT2D eigenvalue weighted by Gasteiger charge is -2.36. The quantitative estimate of drug-likeness (QED) is 0.0313. The van der Waals surface area contributed by atoms with Gasteiger partial charge < -0.3 is 52.3 Å². The largest absolute Gasteiger partial charge is 0.386 e. The molecule has 8 aromatic rings. The van der Waals surface area contributed by atoms with Crippen LogP contribution in [0.1, 0.15) is 170 Å². The molecule has 5 aliphatic rings. The summed E-state index contributed by atoms with van der Waals surface area (Å²) in [5.74, 6) is -33.0. The third kappa shape index (κ3) is 24.0. The third-order valence-corrected chi connectivity index (χ3v) is 22.3. The number of halogens is 16. The monoisotopic (exact) mass is 1800 g/mol. The number of nitriles is 1. The first-order chi connectivity index (χ1) is 60.2. The molecule has 0 bridgehead atoms. The van der Waals surface area contributed by atoms with Gasteiger partial charge in [-0.25, -0.2) is 35.1 Å². The summed E-state index contributed by atoms with van der Waals surface area (Å²) in [6.07, 6.45) is 5.73. The first kappa shape index (κ1) is 97.1. The Morgan fingerprint density at radius 1 is 0.414 bits per heavy atom. The Labute approximate surface area is 725 Å². The van der Waals surface area contributed by atoms with E-state index in [9.17, 15) is 105 Å². The van der Waals surface area contributed by atoms with E-state index in [2.05, 4.69) is 50.7 Å². The molecule has 0 spiro atoms. The summed E-state index contributed by atoms with van der Waals surface area (Å²) in [7, 11) is 0. The highest BCUT2D eigenvalue weighted by Crippen LogP contribution is 2.41. The molecule has 2 aliphatic carbocycles. The van der Waals surface area contributed by atoms with Crippen LogP contribution in [-0.2, 0) is 47.7 Å². The molecule has 2 atom stereocenters. The van der Waals surface area contributed by atoms with E-state index in [1.165, 1.54) is 76.2 Å². The third-order valence-electron chi connectivity index (χ3n) is 22.3. The van der Waals surface area contributed by atoms with Gasteiger partial charge in [0.05, 0.1) is 28.3 Å². The molecule has 0 aromatic heterocycles. The summed E-state index contributed by atoms with van der Waals surface area (Å²) in [4.78, 5) is 113. The molecular weight excluding hydrogens is 1710 g/mol. The van der Waals surface area contributed by atoms with E-state index in [1.54, 1.807) is 6.07 Å². The second kappa shape index (κ2) is 40.7. The summed E-state index contributed by atoms with van der Waals surface area (Å²) in [6.45, 7) is 14.9. The summed E-state index contributed by atoms with van der Waals surface area (Å²) < 4.78 is 229. The number of likely N-dealkylation sites (tertiary alicyclic amines) is 2. The van der Waals surface area contributed by atoms with Gasteiger partial charge in [-0.15, -0.1) is 0 Å². The van der Waals surface area contributed by atoms with Crippen molar-refractivity contribution >= 4 is 75.9 Å². The molecule has 9 amide bonds. The van der Waals surface area contributed by atoms with E-state index in [1.807, 2.05) is 12.2 Å². The summed E-state index contributed by atoms with van der Waals surface area (Å²) >= 11 is 0. The molecule has 36 heteroatoms. The Morgan fingerprint density at radius 2 is 0.742 bits per heavy atom. The predicted molar refractivity (Wildman–Crippen MR) is 441 cm³/mol. The van der Waals surface area contributed by atoms with Crippen LogP contribution in [0.15, 0.2) is 158 Å². The van der Waals surface area contributed by atoms with Crippen LogP contribution in [0.5, 0.6) is 0 Å². The van der Waals surface area contributed by atoms with Gasteiger partial charge in [0.2, 0.25) is 5.91 Å². The number of piperidine rings is 2. The van der Waals surface area contributed by atoms with Crippen LogP contribution in [0, 0.1) is 103 Å². The molecule has 128 heavy (non-hydrogen) atoms. The van der Waals surface area contributed by atoms with E-state index in [-0.39, 0.29) is 131 Å². The number of carbonyl (C=O) groups excluding carboxylic acids is 9. The van der Waals surface area contributed by atoms with Crippen LogP contribution < -0.4 is 42.5 Å². The van der Waals surface area contributed by atoms with Crippen LogP contribution in [0.2, 0.25) is 0 Å². The second-order valence-corrected chi connectivity index (χ2v) is 32.2. The summed E-state index contributed by atoms with van der Waals surface area (Å²) in [6, 6.07) is 26.1. The number of anilines is 4. The van der Waals surface area contributed by atoms with Crippen molar-refractivity contribution in [1.29, 1.82) is 5.26 Å². The molecule has 3 aliphatic heterocycles. The average molecular weight is 1800 g/mol. The number of nitrogens with zero attached hydrogens (tertiary/aromatic N) is 3. The van der Waals surface area contributed by atoms with Gasteiger partial charge in [-0.1, -0.05) is 20.4 Å². The number of carbonyl (C=O) groups is 9. The number of nitrogens with one attached hydrogen (secondary N) is 8. The number of benzene rings is 8. The van der Waals surface area contributed by atoms with Gasteiger partial charge in [0.1, 0.15) is 52.1 Å². The van der Waals surface area contributed by atoms with Crippen molar-refractivity contribution in [3.05, 3.63) is 271 Å². The number of aryl methyl sites for hydroxylation is 4. The van der Waals surface area contributed by atoms with Gasteiger partial charge >= 0.3 is 23.7 Å². The van der Waals surface area contributed by atoms with E-state index in [0.717, 1.165) is 89.7 Å². The lowest BCUT2D eigenvalue weighted by atomic mass is 9.87. The fourth-order valence-electron chi connectivity index (χ4n) is 14.4. The molecule has 13 rings (SSSR count). The van der Waals surface area contributed by atoms with Crippen LogP contribution in [0.4, 0.5) is 93.0 Å². The summed E-state index contributed by atoms with van der Waals surface area (Å²) in [5.41, 5.74) is -4.46. The topological polar surface area (TPSA) is 280 Å². The fraction of sp³-hybridized carbons (Fsp3) is 0.348. The number of alkyl halides is 8. The fourth-order valence-corrected chi connectivity index (χ4v) is 14.4. The minimum atomic E-state index is -4.29. The normalized spacial score (nSPS) is 17.3. The maximum Gasteiger partial charge on any atom is 0.352 e. The number of hydrogen-bond donors (Lipinski definition) is 8. The molecule has 678 valence electrons. The molecule has 1 unspecified atom stereocenters. The standard InChI is InChI=1S/C28H30F4N4O3.C23H24F4N2O2.C21H20F4N2O2.C20H15F4N3O2/c1-16-13-21(4-6-23(16)29)35-26(38)19-3-5-24(30)22(14-19)28(31,32)27(39)36-11-8-20(9-12-36)34-17(2)18-7-10-33-25(37)15-18;1-13-3-6-16(7-4-13)29-22(31)23(26,27)18-12-15(5-9-20(18)25)21(30)28-17-8-10-19(24)14(2)11-17;1-12-7-8-27(11-12)20(29)21(24,25)16-10-14(3-5-18(16)23)19(28)26-15-4-6-17(22)13(2)9-15;1-11-8-13(3-5-15(11)21)26-17(28)12-2-4-16(22)14(9-12)20(23,24)18(29)27-19(10-25)6-7-19/h3-6,13-14,18,20,34H,2,7-12,15H2,1H3,(H,33,37)(H,35,38);5,8-13,16H,3-4,6-7H2,1-2H3,(H,28,30)(H,29,31);3-6,9-10,12H,7-8,11H2,1-2H3,(H,26,28);2-5,8-9H,6-7H2,1H3,(H,26,28)(H,27,29)/t;;12-;/m..0./s1. The zero-order chi connectivity index (χ0) is 93.8. The maximum atomic E-state index is 15.3. The lowest BCUT2D eigenvalue weighted by molar-refractivity contribution is -0.160. The maximum absolute atomic E-state index is 15.3. The molecule has 2 saturated carbocycles.